The molecular weight excluding hydrogens is 210 g/mol. The van der Waals surface area contributed by atoms with Crippen LogP contribution < -0.4 is 5.32 Å². The van der Waals surface area contributed by atoms with Gasteiger partial charge in [0.1, 0.15) is 0 Å². The third kappa shape index (κ3) is 9.57. The number of nitrogens with one attached hydrogen (secondary N) is 1. The van der Waals surface area contributed by atoms with Gasteiger partial charge in [-0.25, -0.2) is 0 Å². The van der Waals surface area contributed by atoms with Crippen LogP contribution in [0, 0.1) is 0 Å². The Morgan fingerprint density at radius 2 is 1.76 bits per heavy atom. The fraction of sp³-hybridized carbons (Fsp3) is 1.00. The van der Waals surface area contributed by atoms with Gasteiger partial charge in [-0.3, -0.25) is 0 Å². The number of nitrogens with zero attached hydrogens (tertiary/aromatic N) is 2. The summed E-state index contributed by atoms with van der Waals surface area (Å²) in [6.07, 6.45) is 3.83. The first-order chi connectivity index (χ1) is 8.13. The topological polar surface area (TPSA) is 18.5 Å². The first-order valence-electron chi connectivity index (χ1n) is 7.24. The smallest absolute Gasteiger partial charge is 0.0194 e. The lowest BCUT2D eigenvalue weighted by atomic mass is 10.1. The van der Waals surface area contributed by atoms with Crippen molar-refractivity contribution in [2.45, 2.75) is 46.1 Å². The molecule has 1 N–H and O–H groups in total. The molecule has 0 aromatic rings. The lowest BCUT2D eigenvalue weighted by Crippen LogP contribution is -2.41. The van der Waals surface area contributed by atoms with Crippen molar-refractivity contribution in [2.24, 2.45) is 0 Å². The van der Waals surface area contributed by atoms with Crippen LogP contribution >= 0.6 is 0 Å². The largest absolute Gasteiger partial charge is 0.313 e. The first kappa shape index (κ1) is 16.9. The normalized spacial score (nSPS) is 13.6. The van der Waals surface area contributed by atoms with Gasteiger partial charge in [0.15, 0.2) is 0 Å². The molecule has 1 atom stereocenters. The van der Waals surface area contributed by atoms with E-state index < -0.39 is 0 Å². The molecule has 0 fully saturated rings. The molecule has 0 radical (unpaired) electrons. The minimum atomic E-state index is 0.671. The molecule has 0 heterocycles. The Kier molecular flexibility index (Phi) is 10.9. The van der Waals surface area contributed by atoms with E-state index in [1.54, 1.807) is 0 Å². The highest BCUT2D eigenvalue weighted by molar-refractivity contribution is 4.71. The van der Waals surface area contributed by atoms with Gasteiger partial charge in [-0.15, -0.1) is 0 Å². The summed E-state index contributed by atoms with van der Waals surface area (Å²) in [5, 5.41) is 3.60. The Bertz CT molecular complexity index is 154. The molecule has 3 nitrogen and oxygen atoms in total. The summed E-state index contributed by atoms with van der Waals surface area (Å²) in [5.41, 5.74) is 0. The summed E-state index contributed by atoms with van der Waals surface area (Å²) in [6, 6.07) is 0.671. The van der Waals surface area contributed by atoms with Crippen molar-refractivity contribution >= 4 is 0 Å². The highest BCUT2D eigenvalue weighted by Crippen LogP contribution is 2.01. The molecule has 0 aromatic carbocycles. The van der Waals surface area contributed by atoms with E-state index in [-0.39, 0.29) is 0 Å². The Morgan fingerprint density at radius 1 is 1.06 bits per heavy atom. The molecule has 0 aliphatic rings. The number of likely N-dealkylation sites (N-methyl/N-ethyl adjacent to an activating group) is 2. The van der Waals surface area contributed by atoms with E-state index >= 15 is 0 Å². The molecule has 0 saturated carbocycles. The average Bonchev–Trinajstić information content (AvgIpc) is 2.27. The van der Waals surface area contributed by atoms with E-state index in [1.165, 1.54) is 45.4 Å². The van der Waals surface area contributed by atoms with Crippen molar-refractivity contribution in [1.29, 1.82) is 0 Å². The molecule has 17 heavy (non-hydrogen) atoms. The minimum absolute atomic E-state index is 0.671. The lowest BCUT2D eigenvalue weighted by Gasteiger charge is -2.27. The summed E-state index contributed by atoms with van der Waals surface area (Å²) in [6.45, 7) is 12.6. The number of hydrogen-bond acceptors (Lipinski definition) is 3. The van der Waals surface area contributed by atoms with E-state index in [1.807, 2.05) is 0 Å². The van der Waals surface area contributed by atoms with Gasteiger partial charge in [-0.2, -0.15) is 0 Å². The van der Waals surface area contributed by atoms with Crippen LogP contribution in [0.4, 0.5) is 0 Å². The van der Waals surface area contributed by atoms with E-state index in [4.69, 9.17) is 0 Å². The highest BCUT2D eigenvalue weighted by atomic mass is 15.1. The monoisotopic (exact) mass is 243 g/mol. The standard InChI is InChI=1S/C14H33N3/c1-6-10-14(15-7-2)13-17(8-3)12-9-11-16(4)5/h14-15H,6-13H2,1-5H3. The summed E-state index contributed by atoms with van der Waals surface area (Å²) in [5.74, 6) is 0. The van der Waals surface area contributed by atoms with Gasteiger partial charge in [-0.05, 0) is 53.1 Å². The predicted molar refractivity (Wildman–Crippen MR) is 77.7 cm³/mol. The second-order valence-corrected chi connectivity index (χ2v) is 5.09. The summed E-state index contributed by atoms with van der Waals surface area (Å²) < 4.78 is 0. The fourth-order valence-corrected chi connectivity index (χ4v) is 2.20. The lowest BCUT2D eigenvalue weighted by molar-refractivity contribution is 0.234. The van der Waals surface area contributed by atoms with Gasteiger partial charge >= 0.3 is 0 Å². The molecule has 0 saturated heterocycles. The van der Waals surface area contributed by atoms with Crippen LogP contribution in [0.3, 0.4) is 0 Å². The highest BCUT2D eigenvalue weighted by Gasteiger charge is 2.11. The molecule has 0 aromatic heterocycles. The van der Waals surface area contributed by atoms with Crippen molar-refractivity contribution in [2.75, 3.05) is 46.8 Å². The van der Waals surface area contributed by atoms with Gasteiger partial charge in [0.2, 0.25) is 0 Å². The zero-order chi connectivity index (χ0) is 13.1. The molecule has 0 aliphatic carbocycles. The summed E-state index contributed by atoms with van der Waals surface area (Å²) in [4.78, 5) is 4.84. The molecule has 0 aliphatic heterocycles. The molecule has 3 heteroatoms. The first-order valence-corrected chi connectivity index (χ1v) is 7.24. The van der Waals surface area contributed by atoms with Gasteiger partial charge in [0, 0.05) is 12.6 Å². The van der Waals surface area contributed by atoms with Crippen LogP contribution in [0.15, 0.2) is 0 Å². The van der Waals surface area contributed by atoms with Gasteiger partial charge in [0.25, 0.3) is 0 Å². The van der Waals surface area contributed by atoms with Gasteiger partial charge < -0.3 is 15.1 Å². The van der Waals surface area contributed by atoms with Crippen LogP contribution in [0.25, 0.3) is 0 Å². The third-order valence-corrected chi connectivity index (χ3v) is 3.14. The summed E-state index contributed by atoms with van der Waals surface area (Å²) >= 11 is 0. The van der Waals surface area contributed by atoms with Crippen molar-refractivity contribution in [3.05, 3.63) is 0 Å². The second kappa shape index (κ2) is 11.0. The molecule has 0 amide bonds. The maximum atomic E-state index is 3.60. The minimum Gasteiger partial charge on any atom is -0.313 e. The van der Waals surface area contributed by atoms with E-state index in [0.717, 1.165) is 6.54 Å². The molecule has 0 spiro atoms. The fourth-order valence-electron chi connectivity index (χ4n) is 2.20. The second-order valence-electron chi connectivity index (χ2n) is 5.09. The molecule has 1 unspecified atom stereocenters. The Balaban J connectivity index is 3.89. The predicted octanol–water partition coefficient (Wildman–Crippen LogP) is 2.04. The Morgan fingerprint density at radius 3 is 2.24 bits per heavy atom. The van der Waals surface area contributed by atoms with Crippen LogP contribution in [0.5, 0.6) is 0 Å². The quantitative estimate of drug-likeness (QED) is 0.599. The zero-order valence-corrected chi connectivity index (χ0v) is 12.6. The maximum Gasteiger partial charge on any atom is 0.0194 e. The van der Waals surface area contributed by atoms with Crippen molar-refractivity contribution < 1.29 is 0 Å². The van der Waals surface area contributed by atoms with Gasteiger partial charge in [-0.1, -0.05) is 27.2 Å². The van der Waals surface area contributed by atoms with E-state index in [9.17, 15) is 0 Å². The molecule has 0 bridgehead atoms. The van der Waals surface area contributed by atoms with Crippen LogP contribution in [0.1, 0.15) is 40.0 Å². The third-order valence-electron chi connectivity index (χ3n) is 3.14. The molecular formula is C14H33N3. The zero-order valence-electron chi connectivity index (χ0n) is 12.6. The Hall–Kier alpha value is -0.120. The molecule has 0 rings (SSSR count). The van der Waals surface area contributed by atoms with E-state index in [2.05, 4.69) is 50.0 Å². The SMILES string of the molecule is CCCC(CN(CC)CCCN(C)C)NCC. The number of rotatable bonds is 11. The Labute approximate surface area is 109 Å². The van der Waals surface area contributed by atoms with Crippen molar-refractivity contribution in [3.63, 3.8) is 0 Å². The molecule has 104 valence electrons. The van der Waals surface area contributed by atoms with Crippen LogP contribution in [0.2, 0.25) is 0 Å². The summed E-state index contributed by atoms with van der Waals surface area (Å²) in [7, 11) is 4.30. The number of hydrogen-bond donors (Lipinski definition) is 1. The van der Waals surface area contributed by atoms with E-state index in [0.29, 0.717) is 6.04 Å². The van der Waals surface area contributed by atoms with Crippen molar-refractivity contribution in [1.82, 2.24) is 15.1 Å². The van der Waals surface area contributed by atoms with Crippen molar-refractivity contribution in [3.8, 4) is 0 Å². The average molecular weight is 243 g/mol. The maximum absolute atomic E-state index is 3.60. The van der Waals surface area contributed by atoms with Crippen LogP contribution in [-0.4, -0.2) is 62.7 Å². The van der Waals surface area contributed by atoms with Crippen LogP contribution in [-0.2, 0) is 0 Å². The van der Waals surface area contributed by atoms with Gasteiger partial charge in [0.05, 0.1) is 0 Å².